The molecule has 0 aromatic carbocycles. The second kappa shape index (κ2) is 7.44. The van der Waals surface area contributed by atoms with Gasteiger partial charge in [0.25, 0.3) is 0 Å². The molecule has 3 aromatic heterocycles. The van der Waals surface area contributed by atoms with Crippen molar-refractivity contribution in [3.63, 3.8) is 0 Å². The number of furan rings is 1. The third-order valence-corrected chi connectivity index (χ3v) is 7.11. The van der Waals surface area contributed by atoms with E-state index in [0.717, 1.165) is 49.7 Å². The monoisotopic (exact) mass is 410 g/mol. The largest absolute Gasteiger partial charge is 0.461 e. The topological polar surface area (TPSA) is 62.5 Å². The number of aryl methyl sites for hydroxylation is 2. The Morgan fingerprint density at radius 3 is 2.66 bits per heavy atom. The molecular weight excluding hydrogens is 384 g/mol. The number of amides is 1. The van der Waals surface area contributed by atoms with Gasteiger partial charge in [-0.15, -0.1) is 11.3 Å². The van der Waals surface area contributed by atoms with E-state index in [1.165, 1.54) is 28.7 Å². The number of anilines is 1. The zero-order valence-electron chi connectivity index (χ0n) is 17.0. The number of hydrogen-bond donors (Lipinski definition) is 0. The van der Waals surface area contributed by atoms with E-state index in [2.05, 4.69) is 4.90 Å². The van der Waals surface area contributed by atoms with Crippen molar-refractivity contribution in [3.8, 4) is 11.6 Å². The predicted octanol–water partition coefficient (Wildman–Crippen LogP) is 4.13. The van der Waals surface area contributed by atoms with E-state index in [0.29, 0.717) is 11.6 Å². The molecule has 0 atom stereocenters. The van der Waals surface area contributed by atoms with Crippen LogP contribution in [0.1, 0.15) is 37.1 Å². The SMILES string of the molecule is CC(C)C(=O)N1CCN(c2nc(-c3ccco3)nc3sc4c(c23)CCCC4)CC1. The quantitative estimate of drug-likeness (QED) is 0.650. The van der Waals surface area contributed by atoms with Crippen LogP contribution < -0.4 is 4.90 Å². The Kier molecular flexibility index (Phi) is 4.78. The molecule has 0 spiro atoms. The van der Waals surface area contributed by atoms with Crippen LogP contribution in [0, 0.1) is 5.92 Å². The molecule has 6 nitrogen and oxygen atoms in total. The van der Waals surface area contributed by atoms with Gasteiger partial charge in [0.1, 0.15) is 10.6 Å². The highest BCUT2D eigenvalue weighted by Crippen LogP contribution is 2.41. The van der Waals surface area contributed by atoms with Crippen molar-refractivity contribution >= 4 is 33.3 Å². The Balaban J connectivity index is 1.55. The highest BCUT2D eigenvalue weighted by Gasteiger charge is 2.28. The molecule has 0 unspecified atom stereocenters. The van der Waals surface area contributed by atoms with Crippen LogP contribution in [0.15, 0.2) is 22.8 Å². The maximum atomic E-state index is 12.4. The van der Waals surface area contributed by atoms with Crippen molar-refractivity contribution in [2.45, 2.75) is 39.5 Å². The van der Waals surface area contributed by atoms with E-state index in [1.807, 2.05) is 42.2 Å². The van der Waals surface area contributed by atoms with Gasteiger partial charge in [0.15, 0.2) is 11.6 Å². The van der Waals surface area contributed by atoms with Gasteiger partial charge in [-0.1, -0.05) is 13.8 Å². The van der Waals surface area contributed by atoms with Gasteiger partial charge in [-0.25, -0.2) is 9.97 Å². The molecule has 0 saturated carbocycles. The summed E-state index contributed by atoms with van der Waals surface area (Å²) in [5, 5.41) is 1.23. The minimum absolute atomic E-state index is 0.0433. The highest BCUT2D eigenvalue weighted by atomic mass is 32.1. The number of hydrogen-bond acceptors (Lipinski definition) is 6. The smallest absolute Gasteiger partial charge is 0.225 e. The molecule has 2 aliphatic rings. The van der Waals surface area contributed by atoms with E-state index >= 15 is 0 Å². The number of aromatic nitrogens is 2. The van der Waals surface area contributed by atoms with Crippen molar-refractivity contribution < 1.29 is 9.21 Å². The maximum absolute atomic E-state index is 12.4. The molecule has 0 bridgehead atoms. The Morgan fingerprint density at radius 1 is 1.14 bits per heavy atom. The third-order valence-electron chi connectivity index (χ3n) is 5.92. The Labute approximate surface area is 174 Å². The van der Waals surface area contributed by atoms with Gasteiger partial charge in [0.05, 0.1) is 11.6 Å². The highest BCUT2D eigenvalue weighted by molar-refractivity contribution is 7.19. The second-order valence-corrected chi connectivity index (χ2v) is 9.29. The predicted molar refractivity (Wildman–Crippen MR) is 115 cm³/mol. The third kappa shape index (κ3) is 3.31. The molecule has 152 valence electrons. The summed E-state index contributed by atoms with van der Waals surface area (Å²) in [4.78, 5) is 29.1. The average Bonchev–Trinajstić information content (AvgIpc) is 3.40. The summed E-state index contributed by atoms with van der Waals surface area (Å²) in [7, 11) is 0. The Bertz CT molecular complexity index is 1030. The summed E-state index contributed by atoms with van der Waals surface area (Å²) in [6, 6.07) is 3.79. The molecule has 1 aliphatic carbocycles. The number of carbonyl (C=O) groups excluding carboxylic acids is 1. The van der Waals surface area contributed by atoms with Gasteiger partial charge in [-0.05, 0) is 43.4 Å². The molecule has 1 fully saturated rings. The van der Waals surface area contributed by atoms with Crippen LogP contribution in [0.25, 0.3) is 21.8 Å². The first kappa shape index (κ1) is 18.6. The van der Waals surface area contributed by atoms with Gasteiger partial charge in [-0.2, -0.15) is 0 Å². The lowest BCUT2D eigenvalue weighted by Crippen LogP contribution is -2.50. The van der Waals surface area contributed by atoms with Gasteiger partial charge < -0.3 is 14.2 Å². The lowest BCUT2D eigenvalue weighted by atomic mass is 9.97. The van der Waals surface area contributed by atoms with E-state index in [-0.39, 0.29) is 11.8 Å². The summed E-state index contributed by atoms with van der Waals surface area (Å²) >= 11 is 1.81. The van der Waals surface area contributed by atoms with Crippen LogP contribution in [0.4, 0.5) is 5.82 Å². The first-order valence-electron chi connectivity index (χ1n) is 10.5. The van der Waals surface area contributed by atoms with E-state index in [1.54, 1.807) is 6.26 Å². The lowest BCUT2D eigenvalue weighted by molar-refractivity contribution is -0.134. The maximum Gasteiger partial charge on any atom is 0.225 e. The Hall–Kier alpha value is -2.41. The van der Waals surface area contributed by atoms with Gasteiger partial charge in [-0.3, -0.25) is 4.79 Å². The number of nitrogens with zero attached hydrogens (tertiary/aromatic N) is 4. The molecule has 5 rings (SSSR count). The average molecular weight is 411 g/mol. The van der Waals surface area contributed by atoms with Crippen LogP contribution in [0.5, 0.6) is 0 Å². The van der Waals surface area contributed by atoms with Crippen molar-refractivity contribution in [1.82, 2.24) is 14.9 Å². The van der Waals surface area contributed by atoms with Crippen LogP contribution in [-0.2, 0) is 17.6 Å². The van der Waals surface area contributed by atoms with Crippen molar-refractivity contribution in [3.05, 3.63) is 28.8 Å². The number of thiophene rings is 1. The van der Waals surface area contributed by atoms with Gasteiger partial charge in [0.2, 0.25) is 5.91 Å². The zero-order chi connectivity index (χ0) is 20.0. The summed E-state index contributed by atoms with van der Waals surface area (Å²) in [6.45, 7) is 7.02. The first-order valence-corrected chi connectivity index (χ1v) is 11.3. The number of fused-ring (bicyclic) bond motifs is 3. The van der Waals surface area contributed by atoms with Crippen molar-refractivity contribution in [1.29, 1.82) is 0 Å². The Morgan fingerprint density at radius 2 is 1.93 bits per heavy atom. The molecule has 7 heteroatoms. The minimum atomic E-state index is 0.0433. The first-order chi connectivity index (χ1) is 14.1. The summed E-state index contributed by atoms with van der Waals surface area (Å²) in [6.07, 6.45) is 6.40. The standard InChI is InChI=1S/C22H26N4O2S/c1-14(2)22(27)26-11-9-25(10-12-26)20-18-15-6-3-4-8-17(15)29-21(18)24-19(23-20)16-7-5-13-28-16/h5,7,13-14H,3-4,6,8-12H2,1-2H3. The van der Waals surface area contributed by atoms with Crippen LogP contribution in [-0.4, -0.2) is 47.0 Å². The zero-order valence-corrected chi connectivity index (χ0v) is 17.8. The fourth-order valence-corrected chi connectivity index (χ4v) is 5.64. The fraction of sp³-hybridized carbons (Fsp3) is 0.500. The number of carbonyl (C=O) groups is 1. The normalized spacial score (nSPS) is 17.2. The van der Waals surface area contributed by atoms with Crippen LogP contribution >= 0.6 is 11.3 Å². The summed E-state index contributed by atoms with van der Waals surface area (Å²) < 4.78 is 5.60. The molecule has 1 aliphatic heterocycles. The molecule has 4 heterocycles. The molecule has 3 aromatic rings. The molecule has 1 amide bonds. The summed E-state index contributed by atoms with van der Waals surface area (Å²) in [5.41, 5.74) is 1.44. The number of piperazine rings is 1. The van der Waals surface area contributed by atoms with E-state index in [4.69, 9.17) is 14.4 Å². The van der Waals surface area contributed by atoms with Gasteiger partial charge >= 0.3 is 0 Å². The summed E-state index contributed by atoms with van der Waals surface area (Å²) in [5.74, 6) is 2.64. The van der Waals surface area contributed by atoms with Crippen LogP contribution in [0.3, 0.4) is 0 Å². The number of rotatable bonds is 3. The fourth-order valence-electron chi connectivity index (χ4n) is 4.39. The minimum Gasteiger partial charge on any atom is -0.461 e. The molecule has 1 saturated heterocycles. The molecule has 0 radical (unpaired) electrons. The van der Waals surface area contributed by atoms with E-state index < -0.39 is 0 Å². The molecule has 0 N–H and O–H groups in total. The van der Waals surface area contributed by atoms with Crippen LogP contribution in [0.2, 0.25) is 0 Å². The van der Waals surface area contributed by atoms with E-state index in [9.17, 15) is 4.79 Å². The van der Waals surface area contributed by atoms with Gasteiger partial charge in [0, 0.05) is 37.0 Å². The lowest BCUT2D eigenvalue weighted by Gasteiger charge is -2.36. The molecular formula is C22H26N4O2S. The second-order valence-electron chi connectivity index (χ2n) is 8.21. The van der Waals surface area contributed by atoms with Crippen molar-refractivity contribution in [2.75, 3.05) is 31.1 Å². The molecule has 29 heavy (non-hydrogen) atoms. The van der Waals surface area contributed by atoms with Crippen molar-refractivity contribution in [2.24, 2.45) is 5.92 Å².